The van der Waals surface area contributed by atoms with E-state index in [0.717, 1.165) is 19.8 Å². The summed E-state index contributed by atoms with van der Waals surface area (Å²) in [6.07, 6.45) is 3.25. The number of aliphatic hydroxyl groups is 1. The molecule has 0 aromatic rings. The Kier molecular flexibility index (Phi) is 6.06. The Morgan fingerprint density at radius 1 is 1.47 bits per heavy atom. The van der Waals surface area contributed by atoms with Gasteiger partial charge in [-0.15, -0.1) is 0 Å². The summed E-state index contributed by atoms with van der Waals surface area (Å²) < 4.78 is 0. The van der Waals surface area contributed by atoms with Crippen LogP contribution in [0.5, 0.6) is 0 Å². The molecule has 0 bridgehead atoms. The molecule has 0 aromatic heterocycles. The second kappa shape index (κ2) is 6.49. The van der Waals surface area contributed by atoms with E-state index in [1.165, 1.54) is 12.0 Å². The van der Waals surface area contributed by atoms with Crippen LogP contribution in [-0.4, -0.2) is 16.2 Å². The third-order valence-electron chi connectivity index (χ3n) is 2.52. The fourth-order valence-electron chi connectivity index (χ4n) is 1.73. The van der Waals surface area contributed by atoms with Crippen LogP contribution in [0.3, 0.4) is 0 Å². The van der Waals surface area contributed by atoms with Crippen LogP contribution < -0.4 is 0 Å². The molecule has 0 heterocycles. The lowest BCUT2D eigenvalue weighted by molar-refractivity contribution is -0.134. The van der Waals surface area contributed by atoms with Gasteiger partial charge in [0, 0.05) is 13.3 Å². The first kappa shape index (κ1) is 14.0. The van der Waals surface area contributed by atoms with Gasteiger partial charge in [0.15, 0.2) is 0 Å². The molecular formula is C12H22O3. The van der Waals surface area contributed by atoms with E-state index in [4.69, 9.17) is 9.90 Å². The summed E-state index contributed by atoms with van der Waals surface area (Å²) in [5.41, 5.74) is 1.28. The highest BCUT2D eigenvalue weighted by Gasteiger charge is 2.18. The average Bonchev–Trinajstić information content (AvgIpc) is 2.01. The van der Waals surface area contributed by atoms with Crippen LogP contribution in [0.4, 0.5) is 0 Å². The Balaban J connectivity index is 0.000000423. The summed E-state index contributed by atoms with van der Waals surface area (Å²) in [5, 5.41) is 17.0. The van der Waals surface area contributed by atoms with E-state index in [9.17, 15) is 5.11 Å². The summed E-state index contributed by atoms with van der Waals surface area (Å²) in [6.45, 7) is 7.59. The molecule has 15 heavy (non-hydrogen) atoms. The Labute approximate surface area is 91.8 Å². The van der Waals surface area contributed by atoms with E-state index in [0.29, 0.717) is 17.6 Å². The summed E-state index contributed by atoms with van der Waals surface area (Å²) in [4.78, 5) is 9.00. The van der Waals surface area contributed by atoms with Crippen molar-refractivity contribution in [3.63, 3.8) is 0 Å². The zero-order valence-corrected chi connectivity index (χ0v) is 10.1. The number of aliphatic hydroxyl groups excluding tert-OH is 1. The molecule has 0 spiro atoms. The maximum Gasteiger partial charge on any atom is 0.300 e. The molecule has 1 atom stereocenters. The maximum atomic E-state index is 9.59. The molecule has 0 aromatic carbocycles. The fraction of sp³-hybridized carbons (Fsp3) is 0.750. The molecule has 88 valence electrons. The lowest BCUT2D eigenvalue weighted by atomic mass is 9.85. The average molecular weight is 214 g/mol. The van der Waals surface area contributed by atoms with Crippen molar-refractivity contribution in [1.82, 2.24) is 0 Å². The molecule has 1 aliphatic carbocycles. The molecule has 1 rings (SSSR count). The number of carboxylic acid groups (broad SMARTS) is 1. The van der Waals surface area contributed by atoms with E-state index in [1.807, 2.05) is 0 Å². The van der Waals surface area contributed by atoms with Crippen molar-refractivity contribution in [1.29, 1.82) is 0 Å². The lowest BCUT2D eigenvalue weighted by Crippen LogP contribution is -2.10. The summed E-state index contributed by atoms with van der Waals surface area (Å²) in [7, 11) is 0. The van der Waals surface area contributed by atoms with Crippen molar-refractivity contribution in [2.45, 2.75) is 47.0 Å². The Bertz CT molecular complexity index is 237. The number of carboxylic acids is 1. The smallest absolute Gasteiger partial charge is 0.300 e. The molecule has 0 amide bonds. The van der Waals surface area contributed by atoms with E-state index in [1.54, 1.807) is 0 Å². The van der Waals surface area contributed by atoms with Gasteiger partial charge in [-0.3, -0.25) is 4.79 Å². The van der Waals surface area contributed by atoms with Gasteiger partial charge in [0.2, 0.25) is 0 Å². The number of hydrogen-bond acceptors (Lipinski definition) is 2. The van der Waals surface area contributed by atoms with Crippen molar-refractivity contribution in [3.05, 3.63) is 11.3 Å². The normalized spacial score (nSPS) is 21.0. The number of aliphatic carboxylic acids is 1. The third-order valence-corrected chi connectivity index (χ3v) is 2.52. The third kappa shape index (κ3) is 6.15. The largest absolute Gasteiger partial charge is 0.512 e. The minimum Gasteiger partial charge on any atom is -0.512 e. The predicted molar refractivity (Wildman–Crippen MR) is 60.8 cm³/mol. The molecule has 3 heteroatoms. The molecule has 0 fully saturated rings. The van der Waals surface area contributed by atoms with E-state index in [-0.39, 0.29) is 0 Å². The SMILES string of the molecule is CC(=O)O.CC1CCC(C(C)C)=C(O)C1. The predicted octanol–water partition coefficient (Wildman–Crippen LogP) is 3.37. The van der Waals surface area contributed by atoms with Crippen LogP contribution in [0.2, 0.25) is 0 Å². The number of hydrogen-bond donors (Lipinski definition) is 2. The number of allylic oxidation sites excluding steroid dienone is 2. The first-order valence-electron chi connectivity index (χ1n) is 5.45. The van der Waals surface area contributed by atoms with Gasteiger partial charge in [0.1, 0.15) is 0 Å². The standard InChI is InChI=1S/C10H18O.C2H4O2/c1-7(2)9-5-4-8(3)6-10(9)11;1-2(3)4/h7-8,11H,4-6H2,1-3H3;1H3,(H,3,4). The molecule has 2 N–H and O–H groups in total. The molecule has 1 aliphatic rings. The zero-order valence-electron chi connectivity index (χ0n) is 10.1. The van der Waals surface area contributed by atoms with Gasteiger partial charge in [0.25, 0.3) is 5.97 Å². The van der Waals surface area contributed by atoms with Gasteiger partial charge in [-0.1, -0.05) is 20.8 Å². The fourth-order valence-corrected chi connectivity index (χ4v) is 1.73. The van der Waals surface area contributed by atoms with Crippen molar-refractivity contribution < 1.29 is 15.0 Å². The number of carbonyl (C=O) groups is 1. The monoisotopic (exact) mass is 214 g/mol. The van der Waals surface area contributed by atoms with Gasteiger partial charge >= 0.3 is 0 Å². The van der Waals surface area contributed by atoms with Gasteiger partial charge in [-0.25, -0.2) is 0 Å². The van der Waals surface area contributed by atoms with Gasteiger partial charge in [-0.2, -0.15) is 0 Å². The zero-order chi connectivity index (χ0) is 12.0. The van der Waals surface area contributed by atoms with Crippen LogP contribution >= 0.6 is 0 Å². The van der Waals surface area contributed by atoms with Gasteiger partial charge < -0.3 is 10.2 Å². The summed E-state index contributed by atoms with van der Waals surface area (Å²) >= 11 is 0. The summed E-state index contributed by atoms with van der Waals surface area (Å²) in [5.74, 6) is 1.04. The Morgan fingerprint density at radius 3 is 2.27 bits per heavy atom. The molecule has 3 nitrogen and oxygen atoms in total. The van der Waals surface area contributed by atoms with Crippen LogP contribution in [0.15, 0.2) is 11.3 Å². The summed E-state index contributed by atoms with van der Waals surface area (Å²) in [6, 6.07) is 0. The highest BCUT2D eigenvalue weighted by Crippen LogP contribution is 2.31. The minimum atomic E-state index is -0.833. The quantitative estimate of drug-likeness (QED) is 0.703. The molecular weight excluding hydrogens is 192 g/mol. The highest BCUT2D eigenvalue weighted by molar-refractivity contribution is 5.62. The molecule has 0 saturated heterocycles. The Morgan fingerprint density at radius 2 is 1.93 bits per heavy atom. The molecule has 1 unspecified atom stereocenters. The lowest BCUT2D eigenvalue weighted by Gasteiger charge is -2.23. The van der Waals surface area contributed by atoms with Crippen molar-refractivity contribution in [2.75, 3.05) is 0 Å². The molecule has 0 aliphatic heterocycles. The molecule has 0 radical (unpaired) electrons. The van der Waals surface area contributed by atoms with E-state index < -0.39 is 5.97 Å². The van der Waals surface area contributed by atoms with Crippen LogP contribution in [0.1, 0.15) is 47.0 Å². The van der Waals surface area contributed by atoms with E-state index in [2.05, 4.69) is 20.8 Å². The topological polar surface area (TPSA) is 57.5 Å². The van der Waals surface area contributed by atoms with E-state index >= 15 is 0 Å². The van der Waals surface area contributed by atoms with Crippen molar-refractivity contribution in [3.8, 4) is 0 Å². The first-order valence-corrected chi connectivity index (χ1v) is 5.45. The van der Waals surface area contributed by atoms with Crippen LogP contribution in [-0.2, 0) is 4.79 Å². The Hall–Kier alpha value is -0.990. The van der Waals surface area contributed by atoms with Crippen molar-refractivity contribution in [2.24, 2.45) is 11.8 Å². The van der Waals surface area contributed by atoms with Gasteiger partial charge in [0.05, 0.1) is 5.76 Å². The second-order valence-electron chi connectivity index (χ2n) is 4.49. The molecule has 0 saturated carbocycles. The van der Waals surface area contributed by atoms with Crippen molar-refractivity contribution >= 4 is 5.97 Å². The number of rotatable bonds is 1. The first-order chi connectivity index (χ1) is 6.84. The maximum absolute atomic E-state index is 9.59. The highest BCUT2D eigenvalue weighted by atomic mass is 16.4. The van der Waals surface area contributed by atoms with Crippen LogP contribution in [0.25, 0.3) is 0 Å². The second-order valence-corrected chi connectivity index (χ2v) is 4.49. The minimum absolute atomic E-state index is 0.530. The van der Waals surface area contributed by atoms with Gasteiger partial charge in [-0.05, 0) is 30.3 Å². The van der Waals surface area contributed by atoms with Crippen LogP contribution in [0, 0.1) is 11.8 Å².